The zero-order chi connectivity index (χ0) is 14.6. The lowest BCUT2D eigenvalue weighted by atomic mass is 10.0. The van der Waals surface area contributed by atoms with E-state index in [1.165, 1.54) is 12.8 Å². The molecule has 114 valence electrons. The van der Waals surface area contributed by atoms with Gasteiger partial charge in [-0.25, -0.2) is 0 Å². The van der Waals surface area contributed by atoms with Crippen LogP contribution in [0.25, 0.3) is 0 Å². The van der Waals surface area contributed by atoms with Crippen molar-refractivity contribution in [3.05, 3.63) is 12.2 Å². The summed E-state index contributed by atoms with van der Waals surface area (Å²) in [5.74, 6) is -0.391. The molecule has 1 unspecified atom stereocenters. The van der Waals surface area contributed by atoms with Crippen LogP contribution in [0.2, 0.25) is 0 Å². The molecule has 20 heavy (non-hydrogen) atoms. The Kier molecular flexibility index (Phi) is 8.66. The number of carbonyl (C=O) groups is 2. The average Bonchev–Trinajstić information content (AvgIpc) is 2.42. The van der Waals surface area contributed by atoms with Crippen molar-refractivity contribution < 1.29 is 14.3 Å². The Morgan fingerprint density at radius 1 is 1.15 bits per heavy atom. The van der Waals surface area contributed by atoms with Crippen LogP contribution in [0.1, 0.15) is 32.1 Å². The lowest BCUT2D eigenvalue weighted by Crippen LogP contribution is -2.38. The number of hydrogen-bond acceptors (Lipinski definition) is 4. The normalized spacial score (nSPS) is 20.6. The molecular weight excluding hydrogens is 258 g/mol. The quantitative estimate of drug-likeness (QED) is 0.456. The Morgan fingerprint density at radius 2 is 1.90 bits per heavy atom. The maximum Gasteiger partial charge on any atom is 0.246 e. The van der Waals surface area contributed by atoms with Crippen LogP contribution in [0.15, 0.2) is 12.2 Å². The third-order valence-electron chi connectivity index (χ3n) is 3.09. The highest BCUT2D eigenvalue weighted by Gasteiger charge is 2.09. The van der Waals surface area contributed by atoms with Crippen molar-refractivity contribution in [3.63, 3.8) is 0 Å². The molecule has 0 aliphatic heterocycles. The molecule has 0 saturated heterocycles. The van der Waals surface area contributed by atoms with Gasteiger partial charge in [-0.2, -0.15) is 0 Å². The number of hydrogen-bond donors (Lipinski definition) is 3. The van der Waals surface area contributed by atoms with E-state index in [1.807, 2.05) is 6.08 Å². The number of amides is 2. The predicted molar refractivity (Wildman–Crippen MR) is 77.0 cm³/mol. The van der Waals surface area contributed by atoms with Gasteiger partial charge in [-0.05, 0) is 19.3 Å². The van der Waals surface area contributed by atoms with Crippen molar-refractivity contribution in [3.8, 4) is 0 Å². The summed E-state index contributed by atoms with van der Waals surface area (Å²) >= 11 is 0. The van der Waals surface area contributed by atoms with Gasteiger partial charge in [0.15, 0.2) is 0 Å². The minimum absolute atomic E-state index is 0.0366. The first-order chi connectivity index (χ1) is 9.72. The molecule has 6 nitrogen and oxygen atoms in total. The molecule has 1 rings (SSSR count). The summed E-state index contributed by atoms with van der Waals surface area (Å²) in [4.78, 5) is 22.4. The monoisotopic (exact) mass is 283 g/mol. The van der Waals surface area contributed by atoms with Crippen molar-refractivity contribution >= 4 is 11.8 Å². The van der Waals surface area contributed by atoms with Gasteiger partial charge in [0, 0.05) is 13.1 Å². The fraction of sp³-hybridized carbons (Fsp3) is 0.714. The molecule has 6 heteroatoms. The van der Waals surface area contributed by atoms with Crippen molar-refractivity contribution in [2.75, 3.05) is 26.2 Å². The van der Waals surface area contributed by atoms with E-state index in [2.05, 4.69) is 16.7 Å². The van der Waals surface area contributed by atoms with Crippen LogP contribution in [0.5, 0.6) is 0 Å². The molecule has 0 fully saturated rings. The molecule has 1 aliphatic rings. The van der Waals surface area contributed by atoms with Crippen LogP contribution in [0.4, 0.5) is 0 Å². The minimum Gasteiger partial charge on any atom is -0.364 e. The number of rotatable bonds is 7. The third-order valence-corrected chi connectivity index (χ3v) is 3.09. The summed E-state index contributed by atoms with van der Waals surface area (Å²) < 4.78 is 5.57. The van der Waals surface area contributed by atoms with Crippen LogP contribution < -0.4 is 16.4 Å². The number of ether oxygens (including phenoxy) is 1. The topological polar surface area (TPSA) is 93.5 Å². The maximum atomic E-state index is 11.6. The molecule has 0 bridgehead atoms. The van der Waals surface area contributed by atoms with Gasteiger partial charge in [0.25, 0.3) is 0 Å². The number of carbonyl (C=O) groups excluding carboxylic acids is 2. The second-order valence-electron chi connectivity index (χ2n) is 4.82. The van der Waals surface area contributed by atoms with Crippen molar-refractivity contribution in [1.82, 2.24) is 10.6 Å². The third kappa shape index (κ3) is 7.91. The van der Waals surface area contributed by atoms with Crippen molar-refractivity contribution in [2.24, 2.45) is 5.73 Å². The Morgan fingerprint density at radius 3 is 2.65 bits per heavy atom. The molecule has 0 aromatic heterocycles. The second-order valence-corrected chi connectivity index (χ2v) is 4.82. The van der Waals surface area contributed by atoms with Crippen molar-refractivity contribution in [2.45, 2.75) is 38.2 Å². The van der Waals surface area contributed by atoms with Gasteiger partial charge in [0.2, 0.25) is 11.8 Å². The Balaban J connectivity index is 2.09. The molecule has 0 spiro atoms. The second kappa shape index (κ2) is 10.4. The maximum absolute atomic E-state index is 11.6. The van der Waals surface area contributed by atoms with Gasteiger partial charge in [0.05, 0.1) is 12.6 Å². The first-order valence-electron chi connectivity index (χ1n) is 7.24. The number of allylic oxidation sites excluding steroid dienone is 1. The first kappa shape index (κ1) is 16.7. The zero-order valence-corrected chi connectivity index (χ0v) is 11.9. The molecule has 2 amide bonds. The van der Waals surface area contributed by atoms with E-state index in [0.29, 0.717) is 13.1 Å². The molecular formula is C14H25N3O3. The summed E-state index contributed by atoms with van der Waals surface area (Å²) in [5, 5.41) is 5.26. The summed E-state index contributed by atoms with van der Waals surface area (Å²) in [6, 6.07) is 0. The van der Waals surface area contributed by atoms with Gasteiger partial charge < -0.3 is 21.1 Å². The summed E-state index contributed by atoms with van der Waals surface area (Å²) in [6.45, 7) is 0.782. The van der Waals surface area contributed by atoms with E-state index in [1.54, 1.807) is 0 Å². The number of nitrogens with two attached hydrogens (primary N) is 1. The largest absolute Gasteiger partial charge is 0.364 e. The van der Waals surface area contributed by atoms with E-state index in [0.717, 1.165) is 19.3 Å². The first-order valence-corrected chi connectivity index (χ1v) is 7.24. The van der Waals surface area contributed by atoms with Crippen LogP contribution >= 0.6 is 0 Å². The molecule has 1 atom stereocenters. The Hall–Kier alpha value is -1.40. The summed E-state index contributed by atoms with van der Waals surface area (Å²) in [7, 11) is 0. The molecule has 0 saturated carbocycles. The lowest BCUT2D eigenvalue weighted by Gasteiger charge is -2.16. The lowest BCUT2D eigenvalue weighted by molar-refractivity contribution is -0.127. The molecule has 0 aromatic rings. The van der Waals surface area contributed by atoms with E-state index in [-0.39, 0.29) is 31.1 Å². The average molecular weight is 283 g/mol. The Labute approximate surface area is 120 Å². The van der Waals surface area contributed by atoms with E-state index >= 15 is 0 Å². The van der Waals surface area contributed by atoms with Crippen LogP contribution in [0.3, 0.4) is 0 Å². The highest BCUT2D eigenvalue weighted by molar-refractivity contribution is 5.78. The van der Waals surface area contributed by atoms with Gasteiger partial charge in [0.1, 0.15) is 6.61 Å². The zero-order valence-electron chi connectivity index (χ0n) is 11.9. The van der Waals surface area contributed by atoms with Gasteiger partial charge in [-0.3, -0.25) is 9.59 Å². The fourth-order valence-corrected chi connectivity index (χ4v) is 1.98. The Bertz CT molecular complexity index is 332. The standard InChI is InChI=1S/C14H25N3O3/c15-10-13(18)16-8-9-17-14(19)11-20-12-6-4-2-1-3-5-7-12/h4,6,12H,1-3,5,7-11,15H2,(H,16,18)(H,17,19)/b6-4-. The van der Waals surface area contributed by atoms with E-state index < -0.39 is 0 Å². The molecule has 4 N–H and O–H groups in total. The smallest absolute Gasteiger partial charge is 0.246 e. The van der Waals surface area contributed by atoms with Gasteiger partial charge in [-0.15, -0.1) is 0 Å². The minimum atomic E-state index is -0.227. The fourth-order valence-electron chi connectivity index (χ4n) is 1.98. The summed E-state index contributed by atoms with van der Waals surface area (Å²) in [5.41, 5.74) is 5.14. The summed E-state index contributed by atoms with van der Waals surface area (Å²) in [6.07, 6.45) is 9.87. The van der Waals surface area contributed by atoms with E-state index in [9.17, 15) is 9.59 Å². The molecule has 0 aromatic carbocycles. The SMILES string of the molecule is NCC(=O)NCCNC(=O)COC1/C=C\CCCCC1. The van der Waals surface area contributed by atoms with Crippen LogP contribution in [0, 0.1) is 0 Å². The molecule has 1 aliphatic carbocycles. The highest BCUT2D eigenvalue weighted by Crippen LogP contribution is 2.13. The molecule has 0 radical (unpaired) electrons. The number of nitrogens with one attached hydrogen (secondary N) is 2. The van der Waals surface area contributed by atoms with Crippen LogP contribution in [-0.2, 0) is 14.3 Å². The van der Waals surface area contributed by atoms with Gasteiger partial charge >= 0.3 is 0 Å². The predicted octanol–water partition coefficient (Wildman–Crippen LogP) is 0.0830. The molecule has 0 heterocycles. The van der Waals surface area contributed by atoms with Gasteiger partial charge in [-0.1, -0.05) is 25.0 Å². The highest BCUT2D eigenvalue weighted by atomic mass is 16.5. The van der Waals surface area contributed by atoms with Crippen LogP contribution in [-0.4, -0.2) is 44.2 Å². The van der Waals surface area contributed by atoms with E-state index in [4.69, 9.17) is 10.5 Å². The van der Waals surface area contributed by atoms with Crippen molar-refractivity contribution in [1.29, 1.82) is 0 Å².